The lowest BCUT2D eigenvalue weighted by atomic mass is 10.0. The van der Waals surface area contributed by atoms with Crippen LogP contribution in [-0.4, -0.2) is 22.0 Å². The number of rotatable bonds is 4. The molecule has 2 aromatic carbocycles. The summed E-state index contributed by atoms with van der Waals surface area (Å²) >= 11 is 0. The predicted molar refractivity (Wildman–Crippen MR) is 94.3 cm³/mol. The number of carbonyl (C=O) groups is 1. The average Bonchev–Trinajstić information content (AvgIpc) is 2.61. The van der Waals surface area contributed by atoms with Gasteiger partial charge in [0.25, 0.3) is 11.5 Å². The molecule has 1 amide bonds. The predicted octanol–water partition coefficient (Wildman–Crippen LogP) is 2.44. The van der Waals surface area contributed by atoms with Gasteiger partial charge in [-0.1, -0.05) is 36.4 Å². The van der Waals surface area contributed by atoms with Crippen LogP contribution in [0.3, 0.4) is 0 Å². The Hall–Kier alpha value is -2.95. The van der Waals surface area contributed by atoms with Crippen molar-refractivity contribution in [3.05, 3.63) is 76.0 Å². The minimum absolute atomic E-state index is 0.0677. The lowest BCUT2D eigenvalue weighted by Gasteiger charge is -2.10. The van der Waals surface area contributed by atoms with E-state index in [2.05, 4.69) is 10.3 Å². The summed E-state index contributed by atoms with van der Waals surface area (Å²) in [5.41, 5.74) is 1.94. The van der Waals surface area contributed by atoms with Crippen LogP contribution in [0.5, 0.6) is 0 Å². The maximum atomic E-state index is 12.4. The molecule has 0 fully saturated rings. The molecular formula is C19H19N3O2. The summed E-state index contributed by atoms with van der Waals surface area (Å²) in [6.07, 6.45) is 1.52. The number of aromatic nitrogens is 2. The van der Waals surface area contributed by atoms with Crippen LogP contribution in [-0.2, 0) is 6.54 Å². The molecule has 0 aliphatic rings. The molecule has 3 aromatic rings. The molecule has 24 heavy (non-hydrogen) atoms. The largest absolute Gasteiger partial charge is 0.350 e. The number of benzene rings is 2. The van der Waals surface area contributed by atoms with E-state index in [4.69, 9.17) is 0 Å². The lowest BCUT2D eigenvalue weighted by Crippen LogP contribution is -2.32. The van der Waals surface area contributed by atoms with Crippen molar-refractivity contribution in [1.82, 2.24) is 14.9 Å². The third kappa shape index (κ3) is 3.06. The van der Waals surface area contributed by atoms with Crippen LogP contribution in [0.2, 0.25) is 0 Å². The van der Waals surface area contributed by atoms with Gasteiger partial charge in [-0.05, 0) is 30.7 Å². The molecule has 0 saturated carbocycles. The Bertz CT molecular complexity index is 955. The molecule has 0 saturated heterocycles. The van der Waals surface area contributed by atoms with Crippen molar-refractivity contribution in [1.29, 1.82) is 0 Å². The van der Waals surface area contributed by atoms with Gasteiger partial charge in [0.1, 0.15) is 0 Å². The summed E-state index contributed by atoms with van der Waals surface area (Å²) in [4.78, 5) is 28.7. The number of amides is 1. The fourth-order valence-corrected chi connectivity index (χ4v) is 2.64. The molecule has 0 radical (unpaired) electrons. The smallest absolute Gasteiger partial charge is 0.256 e. The van der Waals surface area contributed by atoms with E-state index < -0.39 is 0 Å². The third-order valence-corrected chi connectivity index (χ3v) is 4.19. The standard InChI is InChI=1S/C19H19N3O2/c1-13-14(2)21-12-22(19(13)24)11-10-20-18(23)17-9-5-7-15-6-3-4-8-16(15)17/h3-9,12H,10-11H2,1-2H3,(H,20,23). The quantitative estimate of drug-likeness (QED) is 0.803. The number of carbonyl (C=O) groups excluding carboxylic acids is 1. The Kier molecular flexibility index (Phi) is 4.42. The van der Waals surface area contributed by atoms with E-state index in [1.54, 1.807) is 13.0 Å². The van der Waals surface area contributed by atoms with Gasteiger partial charge < -0.3 is 5.32 Å². The van der Waals surface area contributed by atoms with Gasteiger partial charge in [-0.15, -0.1) is 0 Å². The molecule has 5 heteroatoms. The highest BCUT2D eigenvalue weighted by Crippen LogP contribution is 2.18. The van der Waals surface area contributed by atoms with Crippen LogP contribution >= 0.6 is 0 Å². The Morgan fingerprint density at radius 2 is 1.88 bits per heavy atom. The summed E-state index contributed by atoms with van der Waals surface area (Å²) in [5.74, 6) is -0.142. The Balaban J connectivity index is 1.72. The Morgan fingerprint density at radius 1 is 1.12 bits per heavy atom. The molecule has 1 N–H and O–H groups in total. The maximum Gasteiger partial charge on any atom is 0.256 e. The zero-order valence-corrected chi connectivity index (χ0v) is 13.7. The minimum Gasteiger partial charge on any atom is -0.350 e. The highest BCUT2D eigenvalue weighted by atomic mass is 16.1. The van der Waals surface area contributed by atoms with Gasteiger partial charge in [0.15, 0.2) is 0 Å². The molecule has 122 valence electrons. The van der Waals surface area contributed by atoms with Crippen molar-refractivity contribution in [3.63, 3.8) is 0 Å². The van der Waals surface area contributed by atoms with E-state index in [1.165, 1.54) is 10.9 Å². The van der Waals surface area contributed by atoms with Crippen LogP contribution in [0.1, 0.15) is 21.6 Å². The summed E-state index contributed by atoms with van der Waals surface area (Å²) < 4.78 is 1.52. The van der Waals surface area contributed by atoms with Gasteiger partial charge in [0.2, 0.25) is 0 Å². The van der Waals surface area contributed by atoms with Crippen LogP contribution in [0.15, 0.2) is 53.6 Å². The zero-order chi connectivity index (χ0) is 17.1. The number of aryl methyl sites for hydroxylation is 1. The van der Waals surface area contributed by atoms with Crippen molar-refractivity contribution in [2.75, 3.05) is 6.54 Å². The number of hydrogen-bond donors (Lipinski definition) is 1. The molecule has 1 heterocycles. The molecule has 5 nitrogen and oxygen atoms in total. The Morgan fingerprint density at radius 3 is 2.71 bits per heavy atom. The van der Waals surface area contributed by atoms with E-state index in [-0.39, 0.29) is 11.5 Å². The minimum atomic E-state index is -0.142. The van der Waals surface area contributed by atoms with E-state index in [0.717, 1.165) is 16.5 Å². The second-order valence-electron chi connectivity index (χ2n) is 5.74. The highest BCUT2D eigenvalue weighted by Gasteiger charge is 2.09. The number of fused-ring (bicyclic) bond motifs is 1. The highest BCUT2D eigenvalue weighted by molar-refractivity contribution is 6.06. The van der Waals surface area contributed by atoms with Gasteiger partial charge >= 0.3 is 0 Å². The van der Waals surface area contributed by atoms with Crippen LogP contribution in [0.4, 0.5) is 0 Å². The molecule has 1 aromatic heterocycles. The monoisotopic (exact) mass is 321 g/mol. The number of nitrogens with zero attached hydrogens (tertiary/aromatic N) is 2. The van der Waals surface area contributed by atoms with Gasteiger partial charge in [-0.2, -0.15) is 0 Å². The average molecular weight is 321 g/mol. The first-order chi connectivity index (χ1) is 11.6. The van der Waals surface area contributed by atoms with Gasteiger partial charge in [0, 0.05) is 29.9 Å². The van der Waals surface area contributed by atoms with Crippen molar-refractivity contribution >= 4 is 16.7 Å². The third-order valence-electron chi connectivity index (χ3n) is 4.19. The lowest BCUT2D eigenvalue weighted by molar-refractivity contribution is 0.0954. The molecule has 0 bridgehead atoms. The van der Waals surface area contributed by atoms with Crippen molar-refractivity contribution < 1.29 is 4.79 Å². The first-order valence-corrected chi connectivity index (χ1v) is 7.86. The topological polar surface area (TPSA) is 64.0 Å². The fourth-order valence-electron chi connectivity index (χ4n) is 2.64. The van der Waals surface area contributed by atoms with Crippen molar-refractivity contribution in [3.8, 4) is 0 Å². The van der Waals surface area contributed by atoms with Gasteiger partial charge in [-0.3, -0.25) is 14.2 Å². The number of hydrogen-bond acceptors (Lipinski definition) is 3. The summed E-state index contributed by atoms with van der Waals surface area (Å²) in [7, 11) is 0. The zero-order valence-electron chi connectivity index (χ0n) is 13.7. The first-order valence-electron chi connectivity index (χ1n) is 7.86. The molecular weight excluding hydrogens is 302 g/mol. The maximum absolute atomic E-state index is 12.4. The summed E-state index contributed by atoms with van der Waals surface area (Å²) in [6.45, 7) is 4.33. The molecule has 0 aliphatic carbocycles. The SMILES string of the molecule is Cc1ncn(CCNC(=O)c2cccc3ccccc23)c(=O)c1C. The van der Waals surface area contributed by atoms with Crippen LogP contribution < -0.4 is 10.9 Å². The van der Waals surface area contributed by atoms with E-state index >= 15 is 0 Å². The van der Waals surface area contributed by atoms with E-state index in [1.807, 2.05) is 43.3 Å². The first kappa shape index (κ1) is 15.9. The normalized spacial score (nSPS) is 10.8. The molecule has 0 aliphatic heterocycles. The summed E-state index contributed by atoms with van der Waals surface area (Å²) in [6, 6.07) is 13.4. The molecule has 3 rings (SSSR count). The van der Waals surface area contributed by atoms with Crippen molar-refractivity contribution in [2.45, 2.75) is 20.4 Å². The van der Waals surface area contributed by atoms with Gasteiger partial charge in [0.05, 0.1) is 6.33 Å². The molecule has 0 spiro atoms. The second-order valence-corrected chi connectivity index (χ2v) is 5.74. The Labute approximate surface area is 140 Å². The molecule has 0 atom stereocenters. The number of nitrogens with one attached hydrogen (secondary N) is 1. The fraction of sp³-hybridized carbons (Fsp3) is 0.211. The van der Waals surface area contributed by atoms with Gasteiger partial charge in [-0.25, -0.2) is 4.98 Å². The molecule has 0 unspecified atom stereocenters. The van der Waals surface area contributed by atoms with Crippen molar-refractivity contribution in [2.24, 2.45) is 0 Å². The van der Waals surface area contributed by atoms with E-state index in [9.17, 15) is 9.59 Å². The second kappa shape index (κ2) is 6.66. The van der Waals surface area contributed by atoms with E-state index in [0.29, 0.717) is 24.2 Å². The van der Waals surface area contributed by atoms with Crippen LogP contribution in [0.25, 0.3) is 10.8 Å². The summed E-state index contributed by atoms with van der Waals surface area (Å²) in [5, 5.41) is 4.82. The van der Waals surface area contributed by atoms with Crippen LogP contribution in [0, 0.1) is 13.8 Å².